The molecule has 2 N–H and O–H groups in total. The number of hydrogen-bond donors (Lipinski definition) is 2. The van der Waals surface area contributed by atoms with Crippen LogP contribution in [0.2, 0.25) is 0 Å². The number of alkyl halides is 3. The lowest BCUT2D eigenvalue weighted by molar-refractivity contribution is -0.164. The molecule has 1 aromatic rings. The van der Waals surface area contributed by atoms with Crippen LogP contribution in [0.15, 0.2) is 6.33 Å². The summed E-state index contributed by atoms with van der Waals surface area (Å²) < 4.78 is 41.3. The second-order valence-electron chi connectivity index (χ2n) is 6.28. The van der Waals surface area contributed by atoms with Crippen molar-refractivity contribution >= 4 is 6.03 Å². The Morgan fingerprint density at radius 3 is 2.74 bits per heavy atom. The van der Waals surface area contributed by atoms with Crippen molar-refractivity contribution in [1.29, 1.82) is 0 Å². The van der Waals surface area contributed by atoms with Crippen molar-refractivity contribution in [2.24, 2.45) is 5.92 Å². The molecule has 23 heavy (non-hydrogen) atoms. The van der Waals surface area contributed by atoms with Crippen LogP contribution < -0.4 is 10.6 Å². The van der Waals surface area contributed by atoms with Crippen molar-refractivity contribution in [2.45, 2.75) is 63.3 Å². The Labute approximate surface area is 131 Å². The summed E-state index contributed by atoms with van der Waals surface area (Å²) in [7, 11) is 0. The molecule has 0 aromatic carbocycles. The van der Waals surface area contributed by atoms with Gasteiger partial charge >= 0.3 is 12.2 Å². The van der Waals surface area contributed by atoms with E-state index in [2.05, 4.69) is 20.7 Å². The first-order chi connectivity index (χ1) is 10.9. The summed E-state index contributed by atoms with van der Waals surface area (Å²) in [4.78, 5) is 16.1. The van der Waals surface area contributed by atoms with Crippen LogP contribution in [-0.2, 0) is 13.0 Å². The number of halogens is 3. The molecular formula is C14H20F3N5O. The maximum atomic E-state index is 13.2. The second-order valence-corrected chi connectivity index (χ2v) is 6.28. The van der Waals surface area contributed by atoms with Crippen LogP contribution in [0.4, 0.5) is 18.0 Å². The van der Waals surface area contributed by atoms with Crippen molar-refractivity contribution in [2.75, 3.05) is 0 Å². The summed E-state index contributed by atoms with van der Waals surface area (Å²) in [6, 6.07) is -2.76. The molecule has 2 unspecified atom stereocenters. The van der Waals surface area contributed by atoms with Crippen LogP contribution in [0.3, 0.4) is 0 Å². The van der Waals surface area contributed by atoms with E-state index in [0.29, 0.717) is 32.2 Å². The van der Waals surface area contributed by atoms with E-state index in [4.69, 9.17) is 0 Å². The molecule has 2 heterocycles. The number of fused-ring (bicyclic) bond motifs is 1. The number of carbonyl (C=O) groups excluding carboxylic acids is 1. The summed E-state index contributed by atoms with van der Waals surface area (Å²) in [6.07, 6.45) is 0.918. The summed E-state index contributed by atoms with van der Waals surface area (Å²) in [6.45, 7) is 0.433. The highest BCUT2D eigenvalue weighted by atomic mass is 19.4. The van der Waals surface area contributed by atoms with E-state index in [0.717, 1.165) is 18.7 Å². The molecule has 6 nitrogen and oxygen atoms in total. The first-order valence-corrected chi connectivity index (χ1v) is 7.94. The molecule has 1 aliphatic carbocycles. The molecule has 2 amide bonds. The zero-order chi connectivity index (χ0) is 16.4. The number of urea groups is 1. The zero-order valence-corrected chi connectivity index (χ0v) is 12.6. The Bertz CT molecular complexity index is 553. The fourth-order valence-corrected chi connectivity index (χ4v) is 3.48. The van der Waals surface area contributed by atoms with Crippen LogP contribution in [0, 0.1) is 5.92 Å². The minimum atomic E-state index is -4.42. The van der Waals surface area contributed by atoms with Gasteiger partial charge in [0.15, 0.2) is 0 Å². The molecule has 0 radical (unpaired) electrons. The number of aryl methyl sites for hydroxylation is 1. The molecule has 1 fully saturated rings. The Morgan fingerprint density at radius 1 is 1.30 bits per heavy atom. The summed E-state index contributed by atoms with van der Waals surface area (Å²) in [5.41, 5.74) is 0. The molecule has 2 atom stereocenters. The van der Waals surface area contributed by atoms with Crippen molar-refractivity contribution in [3.05, 3.63) is 12.2 Å². The number of nitrogens with one attached hydrogen (secondary N) is 2. The van der Waals surface area contributed by atoms with Gasteiger partial charge in [-0.2, -0.15) is 18.3 Å². The quantitative estimate of drug-likeness (QED) is 0.890. The van der Waals surface area contributed by atoms with Gasteiger partial charge in [0.25, 0.3) is 0 Å². The van der Waals surface area contributed by atoms with E-state index in [9.17, 15) is 18.0 Å². The van der Waals surface area contributed by atoms with E-state index < -0.39 is 24.2 Å². The maximum absolute atomic E-state index is 13.2. The van der Waals surface area contributed by atoms with Crippen LogP contribution in [0.1, 0.15) is 37.9 Å². The van der Waals surface area contributed by atoms with E-state index in [1.807, 2.05) is 0 Å². The average molecular weight is 331 g/mol. The topological polar surface area (TPSA) is 71.8 Å². The molecule has 1 aromatic heterocycles. The molecule has 1 saturated carbocycles. The van der Waals surface area contributed by atoms with Crippen LogP contribution in [-0.4, -0.2) is 39.1 Å². The highest BCUT2D eigenvalue weighted by Crippen LogP contribution is 2.35. The van der Waals surface area contributed by atoms with Gasteiger partial charge in [-0.3, -0.25) is 0 Å². The third kappa shape index (κ3) is 3.76. The van der Waals surface area contributed by atoms with Gasteiger partial charge in [0.05, 0.1) is 12.6 Å². The van der Waals surface area contributed by atoms with Gasteiger partial charge in [-0.25, -0.2) is 14.5 Å². The van der Waals surface area contributed by atoms with E-state index in [-0.39, 0.29) is 6.04 Å². The Hall–Kier alpha value is -1.80. The zero-order valence-electron chi connectivity index (χ0n) is 12.6. The molecule has 128 valence electrons. The molecule has 3 rings (SSSR count). The Balaban J connectivity index is 1.57. The normalized spacial score (nSPS) is 23.3. The Morgan fingerprint density at radius 2 is 2.04 bits per heavy atom. The average Bonchev–Trinajstić information content (AvgIpc) is 3.14. The second kappa shape index (κ2) is 6.37. The fraction of sp³-hybridized carbons (Fsp3) is 0.786. The minimum Gasteiger partial charge on any atom is -0.334 e. The number of hydrogen-bond acceptors (Lipinski definition) is 3. The number of nitrogens with zero attached hydrogens (tertiary/aromatic N) is 3. The lowest BCUT2D eigenvalue weighted by Crippen LogP contribution is -2.55. The lowest BCUT2D eigenvalue weighted by Gasteiger charge is -2.29. The van der Waals surface area contributed by atoms with Gasteiger partial charge in [-0.1, -0.05) is 12.8 Å². The van der Waals surface area contributed by atoms with Gasteiger partial charge in [0, 0.05) is 6.42 Å². The van der Waals surface area contributed by atoms with Crippen LogP contribution >= 0.6 is 0 Å². The monoisotopic (exact) mass is 331 g/mol. The molecule has 2 aliphatic rings. The van der Waals surface area contributed by atoms with Crippen LogP contribution in [0.25, 0.3) is 0 Å². The summed E-state index contributed by atoms with van der Waals surface area (Å²) >= 11 is 0. The number of aromatic nitrogens is 3. The van der Waals surface area contributed by atoms with E-state index in [1.165, 1.54) is 6.33 Å². The fourth-order valence-electron chi connectivity index (χ4n) is 3.48. The van der Waals surface area contributed by atoms with Crippen molar-refractivity contribution in [1.82, 2.24) is 25.4 Å². The summed E-state index contributed by atoms with van der Waals surface area (Å²) in [5, 5.41) is 8.81. The third-order valence-corrected chi connectivity index (χ3v) is 4.65. The van der Waals surface area contributed by atoms with Crippen LogP contribution in [0.5, 0.6) is 0 Å². The third-order valence-electron chi connectivity index (χ3n) is 4.65. The molecule has 0 saturated heterocycles. The largest absolute Gasteiger partial charge is 0.408 e. The smallest absolute Gasteiger partial charge is 0.334 e. The molecule has 0 spiro atoms. The molecule has 9 heteroatoms. The molecule has 0 bridgehead atoms. The van der Waals surface area contributed by atoms with Gasteiger partial charge in [-0.05, 0) is 25.2 Å². The first kappa shape index (κ1) is 16.1. The number of amides is 2. The predicted octanol–water partition coefficient (Wildman–Crippen LogP) is 2.01. The first-order valence-electron chi connectivity index (χ1n) is 7.94. The van der Waals surface area contributed by atoms with Gasteiger partial charge in [0.2, 0.25) is 0 Å². The maximum Gasteiger partial charge on any atom is 0.408 e. The highest BCUT2D eigenvalue weighted by Gasteiger charge is 2.46. The number of carbonyl (C=O) groups is 1. The van der Waals surface area contributed by atoms with Crippen molar-refractivity contribution in [3.8, 4) is 0 Å². The van der Waals surface area contributed by atoms with Crippen molar-refractivity contribution in [3.63, 3.8) is 0 Å². The van der Waals surface area contributed by atoms with E-state index in [1.54, 1.807) is 4.68 Å². The van der Waals surface area contributed by atoms with Gasteiger partial charge in [0.1, 0.15) is 18.2 Å². The van der Waals surface area contributed by atoms with Gasteiger partial charge in [-0.15, -0.1) is 0 Å². The van der Waals surface area contributed by atoms with Gasteiger partial charge < -0.3 is 10.6 Å². The Kier molecular flexibility index (Phi) is 4.45. The number of rotatable bonds is 3. The molecular weight excluding hydrogens is 311 g/mol. The van der Waals surface area contributed by atoms with E-state index >= 15 is 0 Å². The van der Waals surface area contributed by atoms with Crippen molar-refractivity contribution < 1.29 is 18.0 Å². The minimum absolute atomic E-state index is 0.235. The molecule has 1 aliphatic heterocycles. The lowest BCUT2D eigenvalue weighted by atomic mass is 9.98. The standard InChI is InChI=1S/C14H20F3N5O/c15-14(16,17)12(9-3-1-2-4-9)21-13(23)20-10-5-6-11-18-8-19-22(11)7-10/h8-10,12H,1-7H2,(H2,20,21,23). The predicted molar refractivity (Wildman–Crippen MR) is 75.6 cm³/mol. The summed E-state index contributed by atoms with van der Waals surface area (Å²) in [5.74, 6) is 0.316. The SMILES string of the molecule is O=C(NC1CCc2ncnn2C1)NC(C1CCCC1)C(F)(F)F. The highest BCUT2D eigenvalue weighted by molar-refractivity contribution is 5.74.